The summed E-state index contributed by atoms with van der Waals surface area (Å²) in [6, 6.07) is 25.3. The molecule has 314 valence electrons. The van der Waals surface area contributed by atoms with Gasteiger partial charge >= 0.3 is 0 Å². The van der Waals surface area contributed by atoms with E-state index in [1.54, 1.807) is 15.6 Å². The fraction of sp³-hybridized carbons (Fsp3) is 0.429. The molecule has 0 fully saturated rings. The predicted molar refractivity (Wildman–Crippen MR) is 233 cm³/mol. The van der Waals surface area contributed by atoms with E-state index in [-0.39, 0.29) is 49.3 Å². The summed E-state index contributed by atoms with van der Waals surface area (Å²) < 4.78 is 15.9. The highest BCUT2D eigenvalue weighted by atomic mass is 35.5. The SMILES string of the molecule is CC(C)CCOc1ccccc1-c1ccccc1OCc1cn([C@H](CCCN=C(N)N)C(=O)N[C@H](CCCCN)Cn2cc(CCc3ccccc3)nn2)nn1.Cl.Cl. The molecule has 0 saturated carbocycles. The molecule has 14 nitrogen and oxygen atoms in total. The molecule has 0 aliphatic rings. The molecule has 58 heavy (non-hydrogen) atoms. The van der Waals surface area contributed by atoms with Crippen molar-refractivity contribution in [2.24, 2.45) is 28.1 Å². The number of para-hydroxylation sites is 2. The van der Waals surface area contributed by atoms with Gasteiger partial charge < -0.3 is 32.0 Å². The molecular weight excluding hydrogens is 777 g/mol. The van der Waals surface area contributed by atoms with Crippen LogP contribution in [-0.4, -0.2) is 67.6 Å². The van der Waals surface area contributed by atoms with Gasteiger partial charge in [0.2, 0.25) is 5.91 Å². The molecule has 7 N–H and O–H groups in total. The van der Waals surface area contributed by atoms with Crippen LogP contribution in [0.5, 0.6) is 11.5 Å². The smallest absolute Gasteiger partial charge is 0.245 e. The molecule has 16 heteroatoms. The van der Waals surface area contributed by atoms with Crippen molar-refractivity contribution in [3.05, 3.63) is 108 Å². The Labute approximate surface area is 354 Å². The summed E-state index contributed by atoms with van der Waals surface area (Å²) in [7, 11) is 0. The molecule has 5 rings (SSSR count). The second-order valence-corrected chi connectivity index (χ2v) is 14.4. The van der Waals surface area contributed by atoms with Crippen LogP contribution in [0.15, 0.2) is 96.2 Å². The number of hydrogen-bond donors (Lipinski definition) is 4. The molecule has 2 heterocycles. The number of carbonyl (C=O) groups excluding carboxylic acids is 1. The van der Waals surface area contributed by atoms with Gasteiger partial charge in [0.1, 0.15) is 29.8 Å². The van der Waals surface area contributed by atoms with Crippen LogP contribution in [0.3, 0.4) is 0 Å². The lowest BCUT2D eigenvalue weighted by molar-refractivity contribution is -0.125. The minimum absolute atomic E-state index is 0. The van der Waals surface area contributed by atoms with Gasteiger partial charge in [-0.15, -0.1) is 35.0 Å². The van der Waals surface area contributed by atoms with Crippen LogP contribution in [0.25, 0.3) is 11.1 Å². The van der Waals surface area contributed by atoms with E-state index in [1.165, 1.54) is 5.56 Å². The molecule has 0 bridgehead atoms. The minimum Gasteiger partial charge on any atom is -0.493 e. The number of amides is 1. The molecule has 3 aromatic carbocycles. The van der Waals surface area contributed by atoms with E-state index in [0.29, 0.717) is 56.4 Å². The molecule has 0 aliphatic carbocycles. The van der Waals surface area contributed by atoms with Gasteiger partial charge in [0.25, 0.3) is 0 Å². The fourth-order valence-electron chi connectivity index (χ4n) is 6.32. The third-order valence-corrected chi connectivity index (χ3v) is 9.36. The Morgan fingerprint density at radius 2 is 1.45 bits per heavy atom. The van der Waals surface area contributed by atoms with Gasteiger partial charge in [0, 0.05) is 29.9 Å². The van der Waals surface area contributed by atoms with E-state index in [2.05, 4.69) is 56.9 Å². The van der Waals surface area contributed by atoms with Gasteiger partial charge in [0.05, 0.1) is 25.0 Å². The number of carbonyl (C=O) groups is 1. The number of ether oxygens (including phenoxy) is 2. The summed E-state index contributed by atoms with van der Waals surface area (Å²) in [6.45, 7) is 6.57. The van der Waals surface area contributed by atoms with Crippen LogP contribution in [0.1, 0.15) is 75.4 Å². The largest absolute Gasteiger partial charge is 0.493 e. The van der Waals surface area contributed by atoms with Gasteiger partial charge in [-0.2, -0.15) is 0 Å². The molecule has 1 amide bonds. The number of rotatable bonds is 24. The summed E-state index contributed by atoms with van der Waals surface area (Å²) in [5.74, 6) is 1.85. The lowest BCUT2D eigenvalue weighted by atomic mass is 10.0. The Morgan fingerprint density at radius 3 is 2.14 bits per heavy atom. The zero-order chi connectivity index (χ0) is 39.5. The number of unbranched alkanes of at least 4 members (excludes halogenated alkanes) is 1. The Kier molecular flexibility index (Phi) is 20.5. The monoisotopic (exact) mass is 835 g/mol. The fourth-order valence-corrected chi connectivity index (χ4v) is 6.32. The highest BCUT2D eigenvalue weighted by molar-refractivity contribution is 5.85. The number of aliphatic imine (C=N–C) groups is 1. The number of aromatic nitrogens is 6. The number of nitrogens with zero attached hydrogens (tertiary/aromatic N) is 7. The molecular formula is C42H59Cl2N11O3. The lowest BCUT2D eigenvalue weighted by Crippen LogP contribution is -2.42. The molecule has 5 aromatic rings. The highest BCUT2D eigenvalue weighted by Crippen LogP contribution is 2.36. The molecule has 0 radical (unpaired) electrons. The molecule has 0 aliphatic heterocycles. The Hall–Kier alpha value is -5.18. The Balaban J connectivity index is 0.00000450. The van der Waals surface area contributed by atoms with E-state index >= 15 is 0 Å². The van der Waals surface area contributed by atoms with Gasteiger partial charge in [-0.3, -0.25) is 14.5 Å². The minimum atomic E-state index is -0.665. The van der Waals surface area contributed by atoms with Crippen molar-refractivity contribution >= 4 is 36.7 Å². The number of nitrogens with two attached hydrogens (primary N) is 3. The van der Waals surface area contributed by atoms with E-state index in [1.807, 2.05) is 72.9 Å². The van der Waals surface area contributed by atoms with Crippen molar-refractivity contribution in [3.63, 3.8) is 0 Å². The standard InChI is InChI=1S/C42H57N11O3.2ClH/c1-31(2)23-26-55-39-19-8-6-16-36(39)37-17-7-9-20-40(37)56-30-35-29-53(51-49-35)38(18-12-25-46-42(44)45)41(54)47-33(15-10-11-24-43)27-52-28-34(48-50-52)22-21-32-13-4-3-5-14-32;;/h3-9,13-14,16-17,19-20,28-29,31,33,38H,10-12,15,18,21-27,30,43H2,1-2H3,(H,47,54)(H4,44,45,46);2*1H/t33-,38-;;/m1../s1. The van der Waals surface area contributed by atoms with Crippen molar-refractivity contribution in [3.8, 4) is 22.6 Å². The summed E-state index contributed by atoms with van der Waals surface area (Å²) >= 11 is 0. The first-order valence-electron chi connectivity index (χ1n) is 19.6. The van der Waals surface area contributed by atoms with Crippen molar-refractivity contribution in [1.29, 1.82) is 0 Å². The number of benzene rings is 3. The van der Waals surface area contributed by atoms with Crippen molar-refractivity contribution < 1.29 is 14.3 Å². The lowest BCUT2D eigenvalue weighted by Gasteiger charge is -2.23. The zero-order valence-electron chi connectivity index (χ0n) is 33.5. The average molecular weight is 837 g/mol. The van der Waals surface area contributed by atoms with E-state index in [4.69, 9.17) is 26.7 Å². The Morgan fingerprint density at radius 1 is 0.776 bits per heavy atom. The van der Waals surface area contributed by atoms with Crippen LogP contribution in [-0.2, 0) is 30.8 Å². The van der Waals surface area contributed by atoms with E-state index < -0.39 is 6.04 Å². The number of halogens is 2. The van der Waals surface area contributed by atoms with E-state index in [9.17, 15) is 4.79 Å². The Bertz CT molecular complexity index is 1950. The number of guanidine groups is 1. The second kappa shape index (κ2) is 25.2. The summed E-state index contributed by atoms with van der Waals surface area (Å²) in [4.78, 5) is 18.2. The van der Waals surface area contributed by atoms with Gasteiger partial charge in [-0.25, -0.2) is 4.68 Å². The van der Waals surface area contributed by atoms with Crippen molar-refractivity contribution in [1.82, 2.24) is 35.3 Å². The first kappa shape index (κ1) is 47.2. The normalized spacial score (nSPS) is 11.9. The molecule has 0 unspecified atom stereocenters. The zero-order valence-corrected chi connectivity index (χ0v) is 35.1. The average Bonchev–Trinajstić information content (AvgIpc) is 3.86. The topological polar surface area (TPSA) is 199 Å². The third kappa shape index (κ3) is 15.3. The molecule has 2 aromatic heterocycles. The van der Waals surface area contributed by atoms with Gasteiger partial charge in [-0.1, -0.05) is 97.4 Å². The predicted octanol–water partition coefficient (Wildman–Crippen LogP) is 6.08. The van der Waals surface area contributed by atoms with Gasteiger partial charge in [0.15, 0.2) is 5.96 Å². The summed E-state index contributed by atoms with van der Waals surface area (Å²) in [5, 5.41) is 20.9. The maximum Gasteiger partial charge on any atom is 0.245 e. The second-order valence-electron chi connectivity index (χ2n) is 14.4. The third-order valence-electron chi connectivity index (χ3n) is 9.36. The molecule has 2 atom stereocenters. The maximum absolute atomic E-state index is 14.1. The van der Waals surface area contributed by atoms with Crippen LogP contribution in [0, 0.1) is 5.92 Å². The number of aryl methyl sites for hydroxylation is 2. The van der Waals surface area contributed by atoms with Crippen LogP contribution in [0.2, 0.25) is 0 Å². The quantitative estimate of drug-likeness (QED) is 0.0321. The molecule has 0 saturated heterocycles. The number of hydrogen-bond acceptors (Lipinski definition) is 9. The van der Waals surface area contributed by atoms with Crippen molar-refractivity contribution in [2.75, 3.05) is 19.7 Å². The summed E-state index contributed by atoms with van der Waals surface area (Å²) in [6.07, 6.45) is 9.74. The number of nitrogens with one attached hydrogen (secondary N) is 1. The van der Waals surface area contributed by atoms with Gasteiger partial charge in [-0.05, 0) is 75.1 Å². The van der Waals surface area contributed by atoms with Crippen molar-refractivity contribution in [2.45, 2.75) is 90.4 Å². The van der Waals surface area contributed by atoms with E-state index in [0.717, 1.165) is 61.1 Å². The molecule has 0 spiro atoms. The van der Waals surface area contributed by atoms with Crippen LogP contribution >= 0.6 is 24.8 Å². The van der Waals surface area contributed by atoms with Crippen LogP contribution in [0.4, 0.5) is 0 Å². The first-order chi connectivity index (χ1) is 27.3. The first-order valence-corrected chi connectivity index (χ1v) is 19.6. The summed E-state index contributed by atoms with van der Waals surface area (Å²) in [5.41, 5.74) is 21.6. The highest BCUT2D eigenvalue weighted by Gasteiger charge is 2.25. The van der Waals surface area contributed by atoms with Crippen LogP contribution < -0.4 is 32.0 Å². The maximum atomic E-state index is 14.1.